The molecule has 0 atom stereocenters. The molecule has 110 valence electrons. The molecular weight excluding hydrogens is 296 g/mol. The molecule has 0 saturated heterocycles. The highest BCUT2D eigenvalue weighted by Gasteiger charge is 2.18. The summed E-state index contributed by atoms with van der Waals surface area (Å²) < 4.78 is 5.37. The van der Waals surface area contributed by atoms with Crippen molar-refractivity contribution in [1.82, 2.24) is 4.98 Å². The SMILES string of the molecule is CCc1nc(COc2cc(C(=O)O)ccc2[N+](=O)[O-])cs1. The number of hydrogen-bond acceptors (Lipinski definition) is 6. The van der Waals surface area contributed by atoms with Gasteiger partial charge in [0, 0.05) is 17.5 Å². The second kappa shape index (κ2) is 6.31. The average Bonchev–Trinajstić information content (AvgIpc) is 2.92. The van der Waals surface area contributed by atoms with Crippen LogP contribution >= 0.6 is 11.3 Å². The number of nitro groups is 1. The fraction of sp³-hybridized carbons (Fsp3) is 0.231. The standard InChI is InChI=1S/C13H12N2O5S/c1-2-12-14-9(7-21-12)6-20-11-5-8(13(16)17)3-4-10(11)15(18)19/h3-5,7H,2,6H2,1H3,(H,16,17). The Hall–Kier alpha value is -2.48. The van der Waals surface area contributed by atoms with E-state index in [1.54, 1.807) is 0 Å². The number of aryl methyl sites for hydroxylation is 1. The third-order valence-corrected chi connectivity index (χ3v) is 3.72. The van der Waals surface area contributed by atoms with Gasteiger partial charge in [-0.2, -0.15) is 0 Å². The molecule has 0 bridgehead atoms. The van der Waals surface area contributed by atoms with Crippen LogP contribution in [0.5, 0.6) is 5.75 Å². The van der Waals surface area contributed by atoms with Crippen LogP contribution in [0.2, 0.25) is 0 Å². The number of rotatable bonds is 6. The second-order valence-electron chi connectivity index (χ2n) is 4.12. The Labute approximate surface area is 124 Å². The molecule has 0 radical (unpaired) electrons. The first-order valence-corrected chi connectivity index (χ1v) is 6.97. The number of nitrogens with zero attached hydrogens (tertiary/aromatic N) is 2. The van der Waals surface area contributed by atoms with E-state index in [1.165, 1.54) is 17.4 Å². The molecular formula is C13H12N2O5S. The van der Waals surface area contributed by atoms with E-state index < -0.39 is 10.9 Å². The van der Waals surface area contributed by atoms with E-state index in [9.17, 15) is 14.9 Å². The van der Waals surface area contributed by atoms with Crippen LogP contribution in [0, 0.1) is 10.1 Å². The lowest BCUT2D eigenvalue weighted by Crippen LogP contribution is -2.03. The lowest BCUT2D eigenvalue weighted by atomic mass is 10.2. The largest absolute Gasteiger partial charge is 0.480 e. The number of thiazole rings is 1. The van der Waals surface area contributed by atoms with Gasteiger partial charge in [-0.05, 0) is 12.5 Å². The number of nitro benzene ring substituents is 1. The molecule has 0 unspecified atom stereocenters. The lowest BCUT2D eigenvalue weighted by molar-refractivity contribution is -0.385. The van der Waals surface area contributed by atoms with Crippen LogP contribution in [0.1, 0.15) is 28.0 Å². The predicted octanol–water partition coefficient (Wildman–Crippen LogP) is 2.89. The molecule has 0 aliphatic carbocycles. The van der Waals surface area contributed by atoms with Crippen molar-refractivity contribution in [2.75, 3.05) is 0 Å². The molecule has 0 aliphatic heterocycles. The smallest absolute Gasteiger partial charge is 0.335 e. The number of carboxylic acid groups (broad SMARTS) is 1. The van der Waals surface area contributed by atoms with Crippen molar-refractivity contribution in [3.8, 4) is 5.75 Å². The second-order valence-corrected chi connectivity index (χ2v) is 5.06. The van der Waals surface area contributed by atoms with E-state index in [0.29, 0.717) is 5.69 Å². The third kappa shape index (κ3) is 3.54. The van der Waals surface area contributed by atoms with Gasteiger partial charge in [-0.3, -0.25) is 10.1 Å². The minimum atomic E-state index is -1.17. The number of aromatic carboxylic acids is 1. The minimum absolute atomic E-state index is 0.0560. The molecule has 1 aromatic heterocycles. The van der Waals surface area contributed by atoms with Crippen molar-refractivity contribution in [3.63, 3.8) is 0 Å². The maximum atomic E-state index is 10.9. The van der Waals surface area contributed by atoms with Gasteiger partial charge in [0.1, 0.15) is 6.61 Å². The first kappa shape index (κ1) is 14.9. The van der Waals surface area contributed by atoms with Gasteiger partial charge >= 0.3 is 11.7 Å². The van der Waals surface area contributed by atoms with E-state index >= 15 is 0 Å². The number of carbonyl (C=O) groups is 1. The Morgan fingerprint density at radius 3 is 2.86 bits per heavy atom. The summed E-state index contributed by atoms with van der Waals surface area (Å²) in [6.07, 6.45) is 0.805. The number of ether oxygens (including phenoxy) is 1. The van der Waals surface area contributed by atoms with Gasteiger partial charge in [0.15, 0.2) is 5.75 Å². The molecule has 1 heterocycles. The molecule has 0 amide bonds. The Kier molecular flexibility index (Phi) is 4.49. The minimum Gasteiger partial charge on any atom is -0.480 e. The molecule has 7 nitrogen and oxygen atoms in total. The Morgan fingerprint density at radius 1 is 1.52 bits per heavy atom. The fourth-order valence-electron chi connectivity index (χ4n) is 1.64. The molecule has 0 aliphatic rings. The summed E-state index contributed by atoms with van der Waals surface area (Å²) in [7, 11) is 0. The van der Waals surface area contributed by atoms with E-state index in [-0.39, 0.29) is 23.6 Å². The van der Waals surface area contributed by atoms with Crippen molar-refractivity contribution >= 4 is 23.0 Å². The molecule has 2 rings (SSSR count). The van der Waals surface area contributed by atoms with Crippen LogP contribution in [0.4, 0.5) is 5.69 Å². The van der Waals surface area contributed by atoms with Crippen LogP contribution in [0.25, 0.3) is 0 Å². The topological polar surface area (TPSA) is 103 Å². The summed E-state index contributed by atoms with van der Waals surface area (Å²) in [5.74, 6) is -1.25. The van der Waals surface area contributed by atoms with Gasteiger partial charge in [-0.25, -0.2) is 9.78 Å². The molecule has 1 N–H and O–H groups in total. The normalized spacial score (nSPS) is 10.3. The van der Waals surface area contributed by atoms with Crippen LogP contribution in [-0.4, -0.2) is 21.0 Å². The zero-order valence-electron chi connectivity index (χ0n) is 11.1. The van der Waals surface area contributed by atoms with E-state index in [4.69, 9.17) is 9.84 Å². The molecule has 1 aromatic carbocycles. The number of benzene rings is 1. The average molecular weight is 308 g/mol. The summed E-state index contributed by atoms with van der Waals surface area (Å²) in [5, 5.41) is 22.6. The molecule has 8 heteroatoms. The van der Waals surface area contributed by atoms with Gasteiger partial charge in [-0.1, -0.05) is 6.92 Å². The zero-order chi connectivity index (χ0) is 15.4. The van der Waals surface area contributed by atoms with Crippen molar-refractivity contribution < 1.29 is 19.6 Å². The van der Waals surface area contributed by atoms with Crippen LogP contribution in [0.3, 0.4) is 0 Å². The number of hydrogen-bond donors (Lipinski definition) is 1. The Balaban J connectivity index is 2.22. The first-order chi connectivity index (χ1) is 10.0. The van der Waals surface area contributed by atoms with E-state index in [1.807, 2.05) is 12.3 Å². The zero-order valence-corrected chi connectivity index (χ0v) is 11.9. The van der Waals surface area contributed by atoms with Gasteiger partial charge in [0.2, 0.25) is 0 Å². The lowest BCUT2D eigenvalue weighted by Gasteiger charge is -2.06. The van der Waals surface area contributed by atoms with E-state index in [2.05, 4.69) is 4.98 Å². The highest BCUT2D eigenvalue weighted by atomic mass is 32.1. The third-order valence-electron chi connectivity index (χ3n) is 2.68. The van der Waals surface area contributed by atoms with Gasteiger partial charge in [0.25, 0.3) is 0 Å². The highest BCUT2D eigenvalue weighted by molar-refractivity contribution is 7.09. The van der Waals surface area contributed by atoms with E-state index in [0.717, 1.165) is 23.6 Å². The Morgan fingerprint density at radius 2 is 2.29 bits per heavy atom. The maximum absolute atomic E-state index is 10.9. The summed E-state index contributed by atoms with van der Waals surface area (Å²) in [6, 6.07) is 3.44. The van der Waals surface area contributed by atoms with Crippen molar-refractivity contribution in [3.05, 3.63) is 50.0 Å². The fourth-order valence-corrected chi connectivity index (χ4v) is 2.37. The van der Waals surface area contributed by atoms with Gasteiger partial charge < -0.3 is 9.84 Å². The summed E-state index contributed by atoms with van der Waals surface area (Å²) in [5.41, 5.74) is 0.320. The highest BCUT2D eigenvalue weighted by Crippen LogP contribution is 2.29. The molecule has 0 fully saturated rings. The quantitative estimate of drug-likeness (QED) is 0.650. The van der Waals surface area contributed by atoms with Crippen LogP contribution < -0.4 is 4.74 Å². The predicted molar refractivity (Wildman–Crippen MR) is 75.9 cm³/mol. The van der Waals surface area contributed by atoms with Crippen molar-refractivity contribution in [2.24, 2.45) is 0 Å². The van der Waals surface area contributed by atoms with Crippen LogP contribution in [-0.2, 0) is 13.0 Å². The molecule has 21 heavy (non-hydrogen) atoms. The molecule has 2 aromatic rings. The number of aromatic nitrogens is 1. The summed E-state index contributed by atoms with van der Waals surface area (Å²) in [4.78, 5) is 25.5. The summed E-state index contributed by atoms with van der Waals surface area (Å²) in [6.45, 7) is 2.03. The van der Waals surface area contributed by atoms with Gasteiger partial charge in [0.05, 0.1) is 21.2 Å². The number of carboxylic acids is 1. The monoisotopic (exact) mass is 308 g/mol. The maximum Gasteiger partial charge on any atom is 0.335 e. The Bertz CT molecular complexity index is 683. The van der Waals surface area contributed by atoms with Crippen molar-refractivity contribution in [2.45, 2.75) is 20.0 Å². The van der Waals surface area contributed by atoms with Crippen molar-refractivity contribution in [1.29, 1.82) is 0 Å². The van der Waals surface area contributed by atoms with Crippen LogP contribution in [0.15, 0.2) is 23.6 Å². The summed E-state index contributed by atoms with van der Waals surface area (Å²) >= 11 is 1.48. The molecule has 0 spiro atoms. The molecule has 0 saturated carbocycles. The van der Waals surface area contributed by atoms with Gasteiger partial charge in [-0.15, -0.1) is 11.3 Å². The first-order valence-electron chi connectivity index (χ1n) is 6.09.